The van der Waals surface area contributed by atoms with Crippen molar-refractivity contribution >= 4 is 35.2 Å². The molecule has 3 N–H and O–H groups in total. The average molecular weight is 352 g/mol. The van der Waals surface area contributed by atoms with E-state index in [-0.39, 0.29) is 11.8 Å². The number of carboxylic acids is 1. The zero-order valence-electron chi connectivity index (χ0n) is 14.2. The zero-order chi connectivity index (χ0) is 18.1. The first-order valence-electron chi connectivity index (χ1n) is 7.91. The summed E-state index contributed by atoms with van der Waals surface area (Å²) in [7, 11) is 0. The molecule has 0 bridgehead atoms. The van der Waals surface area contributed by atoms with Gasteiger partial charge in [0, 0.05) is 17.5 Å². The third kappa shape index (κ3) is 7.04. The van der Waals surface area contributed by atoms with Crippen LogP contribution >= 0.6 is 11.8 Å². The number of carbonyl (C=O) groups excluding carboxylic acids is 2. The van der Waals surface area contributed by atoms with Crippen LogP contribution in [0.3, 0.4) is 0 Å². The van der Waals surface area contributed by atoms with Crippen LogP contribution < -0.4 is 10.6 Å². The summed E-state index contributed by atoms with van der Waals surface area (Å²) >= 11 is 1.34. The van der Waals surface area contributed by atoms with E-state index >= 15 is 0 Å². The van der Waals surface area contributed by atoms with Crippen molar-refractivity contribution in [3.8, 4) is 0 Å². The van der Waals surface area contributed by atoms with E-state index in [1.165, 1.54) is 18.7 Å². The lowest BCUT2D eigenvalue weighted by Crippen LogP contribution is -2.43. The lowest BCUT2D eigenvalue weighted by molar-refractivity contribution is -0.141. The van der Waals surface area contributed by atoms with Crippen molar-refractivity contribution in [2.45, 2.75) is 56.2 Å². The maximum absolute atomic E-state index is 12.2. The van der Waals surface area contributed by atoms with E-state index in [0.717, 1.165) is 17.7 Å². The molecule has 0 heterocycles. The van der Waals surface area contributed by atoms with Gasteiger partial charge < -0.3 is 15.7 Å². The first-order valence-corrected chi connectivity index (χ1v) is 8.79. The predicted octanol–water partition coefficient (Wildman–Crippen LogP) is 2.89. The van der Waals surface area contributed by atoms with Gasteiger partial charge >= 0.3 is 5.97 Å². The second-order valence-electron chi connectivity index (χ2n) is 5.51. The van der Waals surface area contributed by atoms with Gasteiger partial charge in [-0.1, -0.05) is 19.8 Å². The van der Waals surface area contributed by atoms with Crippen molar-refractivity contribution in [2.75, 3.05) is 5.32 Å². The van der Waals surface area contributed by atoms with E-state index in [1.54, 1.807) is 19.1 Å². The third-order valence-corrected chi connectivity index (χ3v) is 4.43. The molecule has 0 aliphatic rings. The number of anilines is 1. The number of benzene rings is 1. The zero-order valence-corrected chi connectivity index (χ0v) is 15.0. The molecule has 0 fully saturated rings. The molecule has 2 atom stereocenters. The Morgan fingerprint density at radius 3 is 2.33 bits per heavy atom. The molecule has 132 valence electrons. The van der Waals surface area contributed by atoms with Gasteiger partial charge in [0.05, 0.1) is 5.25 Å². The Bertz CT molecular complexity index is 574. The summed E-state index contributed by atoms with van der Waals surface area (Å²) in [6, 6.07) is 6.30. The van der Waals surface area contributed by atoms with E-state index in [4.69, 9.17) is 5.11 Å². The molecule has 1 rings (SSSR count). The molecule has 0 radical (unpaired) electrons. The summed E-state index contributed by atoms with van der Waals surface area (Å²) in [4.78, 5) is 35.2. The van der Waals surface area contributed by atoms with Crippen LogP contribution in [0.25, 0.3) is 0 Å². The summed E-state index contributed by atoms with van der Waals surface area (Å²) in [5.74, 6) is -1.45. The van der Waals surface area contributed by atoms with Crippen LogP contribution in [-0.2, 0) is 14.4 Å². The van der Waals surface area contributed by atoms with Crippen molar-refractivity contribution in [1.82, 2.24) is 5.32 Å². The highest BCUT2D eigenvalue weighted by molar-refractivity contribution is 8.00. The Hall–Kier alpha value is -2.02. The molecular formula is C17H24N2O4S. The molecule has 0 saturated heterocycles. The molecule has 24 heavy (non-hydrogen) atoms. The van der Waals surface area contributed by atoms with Gasteiger partial charge in [0.2, 0.25) is 11.8 Å². The van der Waals surface area contributed by atoms with Crippen LogP contribution in [0.4, 0.5) is 5.69 Å². The maximum atomic E-state index is 12.2. The number of nitrogens with one attached hydrogen (secondary N) is 2. The number of rotatable bonds is 9. The molecule has 2 unspecified atom stereocenters. The van der Waals surface area contributed by atoms with Gasteiger partial charge in [0.25, 0.3) is 0 Å². The Labute approximate surface area is 146 Å². The number of hydrogen-bond acceptors (Lipinski definition) is 4. The van der Waals surface area contributed by atoms with Crippen molar-refractivity contribution in [3.05, 3.63) is 24.3 Å². The van der Waals surface area contributed by atoms with Crippen molar-refractivity contribution in [3.63, 3.8) is 0 Å². The normalized spacial score (nSPS) is 13.0. The Kier molecular flexibility index (Phi) is 8.32. The van der Waals surface area contributed by atoms with Crippen LogP contribution in [0, 0.1) is 0 Å². The molecule has 0 aliphatic carbocycles. The van der Waals surface area contributed by atoms with Gasteiger partial charge in [-0.15, -0.1) is 11.8 Å². The molecule has 1 aromatic carbocycles. The highest BCUT2D eigenvalue weighted by Crippen LogP contribution is 2.25. The van der Waals surface area contributed by atoms with Gasteiger partial charge in [-0.25, -0.2) is 4.79 Å². The molecule has 0 aliphatic heterocycles. The second-order valence-corrected chi connectivity index (χ2v) is 6.92. The topological polar surface area (TPSA) is 95.5 Å². The van der Waals surface area contributed by atoms with Crippen LogP contribution in [-0.4, -0.2) is 34.2 Å². The van der Waals surface area contributed by atoms with Crippen LogP contribution in [0.1, 0.15) is 40.0 Å². The highest BCUT2D eigenvalue weighted by Gasteiger charge is 2.22. The molecule has 6 nitrogen and oxygen atoms in total. The molecule has 0 aromatic heterocycles. The van der Waals surface area contributed by atoms with Gasteiger partial charge in [-0.2, -0.15) is 0 Å². The highest BCUT2D eigenvalue weighted by atomic mass is 32.2. The van der Waals surface area contributed by atoms with Crippen LogP contribution in [0.15, 0.2) is 29.2 Å². The van der Waals surface area contributed by atoms with Crippen LogP contribution in [0.2, 0.25) is 0 Å². The van der Waals surface area contributed by atoms with Crippen LogP contribution in [0.5, 0.6) is 0 Å². The summed E-state index contributed by atoms with van der Waals surface area (Å²) < 4.78 is 0. The number of carbonyl (C=O) groups is 3. The fraction of sp³-hybridized carbons (Fsp3) is 0.471. The summed E-state index contributed by atoms with van der Waals surface area (Å²) in [5.41, 5.74) is 0.689. The number of thioether (sulfide) groups is 1. The van der Waals surface area contributed by atoms with Gasteiger partial charge in [0.1, 0.15) is 6.04 Å². The fourth-order valence-corrected chi connectivity index (χ4v) is 2.91. The Morgan fingerprint density at radius 2 is 1.83 bits per heavy atom. The van der Waals surface area contributed by atoms with Crippen molar-refractivity contribution < 1.29 is 19.5 Å². The third-order valence-electron chi connectivity index (χ3n) is 3.32. The minimum atomic E-state index is -1.01. The lowest BCUT2D eigenvalue weighted by Gasteiger charge is -2.17. The van der Waals surface area contributed by atoms with Crippen molar-refractivity contribution in [2.24, 2.45) is 0 Å². The summed E-state index contributed by atoms with van der Waals surface area (Å²) in [6.07, 6.45) is 2.06. The molecule has 2 amide bonds. The number of unbranched alkanes of at least 4 members (excludes halogenated alkanes) is 1. The van der Waals surface area contributed by atoms with Gasteiger partial charge in [-0.3, -0.25) is 9.59 Å². The minimum absolute atomic E-state index is 0.144. The number of hydrogen-bond donors (Lipinski definition) is 3. The van der Waals surface area contributed by atoms with Gasteiger partial charge in [0.15, 0.2) is 0 Å². The second kappa shape index (κ2) is 9.97. The minimum Gasteiger partial charge on any atom is -0.480 e. The average Bonchev–Trinajstić information content (AvgIpc) is 2.52. The molecule has 1 aromatic rings. The first-order chi connectivity index (χ1) is 11.3. The van der Waals surface area contributed by atoms with E-state index < -0.39 is 17.3 Å². The SMILES string of the molecule is CCCCC(NC(=O)C(C)Sc1ccc(NC(C)=O)cc1)C(=O)O. The standard InChI is InChI=1S/C17H24N2O4S/c1-4-5-6-15(17(22)23)19-16(21)11(2)24-14-9-7-13(8-10-14)18-12(3)20/h7-11,15H,4-6H2,1-3H3,(H,18,20)(H,19,21)(H,22,23). The number of amides is 2. The smallest absolute Gasteiger partial charge is 0.326 e. The predicted molar refractivity (Wildman–Crippen MR) is 95.2 cm³/mol. The Balaban J connectivity index is 2.59. The molecule has 0 saturated carbocycles. The van der Waals surface area contributed by atoms with E-state index in [2.05, 4.69) is 10.6 Å². The van der Waals surface area contributed by atoms with E-state index in [9.17, 15) is 14.4 Å². The number of aliphatic carboxylic acids is 1. The van der Waals surface area contributed by atoms with Gasteiger partial charge in [-0.05, 0) is 37.6 Å². The fourth-order valence-electron chi connectivity index (χ4n) is 2.03. The summed E-state index contributed by atoms with van der Waals surface area (Å²) in [5, 5.41) is 14.0. The van der Waals surface area contributed by atoms with E-state index in [1.807, 2.05) is 19.1 Å². The largest absolute Gasteiger partial charge is 0.480 e. The lowest BCUT2D eigenvalue weighted by atomic mass is 10.1. The van der Waals surface area contributed by atoms with E-state index in [0.29, 0.717) is 12.1 Å². The molecular weight excluding hydrogens is 328 g/mol. The summed E-state index contributed by atoms with van der Waals surface area (Å²) in [6.45, 7) is 5.15. The molecule has 7 heteroatoms. The number of carboxylic acid groups (broad SMARTS) is 1. The Morgan fingerprint density at radius 1 is 1.21 bits per heavy atom. The monoisotopic (exact) mass is 352 g/mol. The van der Waals surface area contributed by atoms with Crippen molar-refractivity contribution in [1.29, 1.82) is 0 Å². The maximum Gasteiger partial charge on any atom is 0.326 e. The quantitative estimate of drug-likeness (QED) is 0.594. The first kappa shape index (κ1) is 20.0. The molecule has 0 spiro atoms.